The zero-order chi connectivity index (χ0) is 20.5. The Kier molecular flexibility index (Phi) is 6.47. The molecule has 28 heavy (non-hydrogen) atoms. The van der Waals surface area contributed by atoms with E-state index in [2.05, 4.69) is 54.8 Å². The molecule has 1 saturated carbocycles. The van der Waals surface area contributed by atoms with E-state index in [1.54, 1.807) is 0 Å². The third-order valence-electron chi connectivity index (χ3n) is 5.98. The van der Waals surface area contributed by atoms with Gasteiger partial charge < -0.3 is 0 Å². The van der Waals surface area contributed by atoms with Crippen molar-refractivity contribution in [2.24, 2.45) is 0 Å². The summed E-state index contributed by atoms with van der Waals surface area (Å²) in [6.07, 6.45) is 4.52. The molecule has 1 aliphatic heterocycles. The summed E-state index contributed by atoms with van der Waals surface area (Å²) in [6, 6.07) is 12.4. The summed E-state index contributed by atoms with van der Waals surface area (Å²) in [4.78, 5) is 0. The standard InChI is InChI=1S/C22H33N4OP/c1-16(2)25-20-13-9-10-14-21(20)26(17(3)4)28(25,27)24-22(18(5)15-23)19-11-7-6-8-12-19/h6-8,11-12,16-17,20-22H,5,9-10,13-14H2,1-4H3,(H,24,27)/t20-,21-,22-/m1/s1. The monoisotopic (exact) mass is 400 g/mol. The molecule has 5 nitrogen and oxygen atoms in total. The maximum atomic E-state index is 14.7. The molecule has 3 atom stereocenters. The fraction of sp³-hybridized carbons (Fsp3) is 0.591. The number of hydrogen-bond acceptors (Lipinski definition) is 2. The molecule has 0 spiro atoms. The second kappa shape index (κ2) is 8.51. The van der Waals surface area contributed by atoms with Gasteiger partial charge in [-0.3, -0.25) is 4.57 Å². The predicted molar refractivity (Wildman–Crippen MR) is 115 cm³/mol. The number of benzene rings is 1. The topological polar surface area (TPSA) is 59.4 Å². The summed E-state index contributed by atoms with van der Waals surface area (Å²) < 4.78 is 19.2. The van der Waals surface area contributed by atoms with Crippen LogP contribution in [0.4, 0.5) is 0 Å². The number of nitriles is 1. The Morgan fingerprint density at radius 3 is 2.04 bits per heavy atom. The van der Waals surface area contributed by atoms with Crippen LogP contribution in [0.5, 0.6) is 0 Å². The van der Waals surface area contributed by atoms with Gasteiger partial charge in [0.05, 0.1) is 12.1 Å². The fourth-order valence-electron chi connectivity index (χ4n) is 4.99. The molecule has 0 unspecified atom stereocenters. The van der Waals surface area contributed by atoms with E-state index in [1.165, 1.54) is 12.8 Å². The lowest BCUT2D eigenvalue weighted by Crippen LogP contribution is -2.43. The molecule has 1 N–H and O–H groups in total. The van der Waals surface area contributed by atoms with Crippen LogP contribution in [0.2, 0.25) is 0 Å². The first-order valence-electron chi connectivity index (χ1n) is 10.4. The lowest BCUT2D eigenvalue weighted by Gasteiger charge is -2.38. The second-order valence-corrected chi connectivity index (χ2v) is 10.8. The molecule has 0 bridgehead atoms. The van der Waals surface area contributed by atoms with Crippen molar-refractivity contribution in [3.8, 4) is 6.07 Å². The molecule has 0 radical (unpaired) electrons. The van der Waals surface area contributed by atoms with Crippen LogP contribution in [-0.4, -0.2) is 33.5 Å². The molecule has 1 saturated heterocycles. The van der Waals surface area contributed by atoms with Crippen molar-refractivity contribution in [3.05, 3.63) is 48.0 Å². The van der Waals surface area contributed by atoms with Gasteiger partial charge >= 0.3 is 0 Å². The van der Waals surface area contributed by atoms with E-state index in [0.29, 0.717) is 17.7 Å². The van der Waals surface area contributed by atoms with Crippen molar-refractivity contribution >= 4 is 7.59 Å². The molecule has 3 rings (SSSR count). The first-order valence-corrected chi connectivity index (χ1v) is 12.0. The molecular formula is C22H33N4OP. The van der Waals surface area contributed by atoms with Crippen molar-refractivity contribution < 1.29 is 4.57 Å². The quantitative estimate of drug-likeness (QED) is 0.522. The van der Waals surface area contributed by atoms with Gasteiger partial charge in [-0.15, -0.1) is 0 Å². The summed E-state index contributed by atoms with van der Waals surface area (Å²) in [7, 11) is -3.09. The van der Waals surface area contributed by atoms with Crippen LogP contribution in [0.15, 0.2) is 42.5 Å². The van der Waals surface area contributed by atoms with E-state index in [4.69, 9.17) is 0 Å². The van der Waals surface area contributed by atoms with Crippen molar-refractivity contribution in [2.45, 2.75) is 83.6 Å². The summed E-state index contributed by atoms with van der Waals surface area (Å²) in [5.41, 5.74) is 1.32. The lowest BCUT2D eigenvalue weighted by molar-refractivity contribution is 0.173. The minimum Gasteiger partial charge on any atom is -0.270 e. The fourth-order valence-corrected chi connectivity index (χ4v) is 8.73. The molecular weight excluding hydrogens is 367 g/mol. The van der Waals surface area contributed by atoms with E-state index in [9.17, 15) is 9.83 Å². The highest BCUT2D eigenvalue weighted by Gasteiger charge is 2.57. The van der Waals surface area contributed by atoms with Crippen LogP contribution in [0.1, 0.15) is 65.0 Å². The molecule has 1 aromatic carbocycles. The number of hydrogen-bond donors (Lipinski definition) is 1. The van der Waals surface area contributed by atoms with E-state index < -0.39 is 13.6 Å². The average molecular weight is 401 g/mol. The minimum absolute atomic E-state index is 0.152. The zero-order valence-electron chi connectivity index (χ0n) is 17.5. The molecule has 1 aliphatic carbocycles. The summed E-state index contributed by atoms with van der Waals surface area (Å²) in [6.45, 7) is 12.5. The third-order valence-corrected chi connectivity index (χ3v) is 9.34. The minimum atomic E-state index is -3.09. The van der Waals surface area contributed by atoms with Crippen LogP contribution in [0.25, 0.3) is 0 Å². The van der Waals surface area contributed by atoms with Gasteiger partial charge in [-0.2, -0.15) is 5.26 Å². The Morgan fingerprint density at radius 2 is 1.61 bits per heavy atom. The summed E-state index contributed by atoms with van der Waals surface area (Å²) >= 11 is 0. The molecule has 6 heteroatoms. The lowest BCUT2D eigenvalue weighted by atomic mass is 9.89. The number of nitrogens with one attached hydrogen (secondary N) is 1. The number of nitrogens with zero attached hydrogens (tertiary/aromatic N) is 3. The van der Waals surface area contributed by atoms with Gasteiger partial charge in [0.15, 0.2) is 0 Å². The molecule has 1 heterocycles. The van der Waals surface area contributed by atoms with Gasteiger partial charge in [-0.25, -0.2) is 14.4 Å². The molecule has 152 valence electrons. The van der Waals surface area contributed by atoms with Crippen LogP contribution in [-0.2, 0) is 4.57 Å². The Labute approximate surface area is 169 Å². The summed E-state index contributed by atoms with van der Waals surface area (Å²) in [5, 5.41) is 13.0. The highest BCUT2D eigenvalue weighted by Crippen LogP contribution is 2.64. The van der Waals surface area contributed by atoms with E-state index in [0.717, 1.165) is 18.4 Å². The molecule has 0 aromatic heterocycles. The van der Waals surface area contributed by atoms with Crippen molar-refractivity contribution in [1.29, 1.82) is 5.26 Å². The first kappa shape index (κ1) is 21.3. The van der Waals surface area contributed by atoms with Gasteiger partial charge in [-0.05, 0) is 46.1 Å². The van der Waals surface area contributed by atoms with Crippen LogP contribution < -0.4 is 5.09 Å². The van der Waals surface area contributed by atoms with Gasteiger partial charge in [-0.1, -0.05) is 49.8 Å². The predicted octanol–water partition coefficient (Wildman–Crippen LogP) is 5.25. The molecule has 0 amide bonds. The Morgan fingerprint density at radius 1 is 1.11 bits per heavy atom. The average Bonchev–Trinajstić information content (AvgIpc) is 2.94. The first-order chi connectivity index (χ1) is 13.3. The zero-order valence-corrected chi connectivity index (χ0v) is 18.4. The maximum absolute atomic E-state index is 14.7. The second-order valence-electron chi connectivity index (χ2n) is 8.52. The number of rotatable bonds is 6. The van der Waals surface area contributed by atoms with Crippen molar-refractivity contribution in [3.63, 3.8) is 0 Å². The van der Waals surface area contributed by atoms with Crippen LogP contribution in [0.3, 0.4) is 0 Å². The van der Waals surface area contributed by atoms with Gasteiger partial charge in [0.2, 0.25) is 0 Å². The largest absolute Gasteiger partial charge is 0.286 e. The third kappa shape index (κ3) is 3.72. The Hall–Kier alpha value is -1.44. The molecule has 1 aromatic rings. The molecule has 2 fully saturated rings. The van der Waals surface area contributed by atoms with Gasteiger partial charge in [0, 0.05) is 29.7 Å². The van der Waals surface area contributed by atoms with Gasteiger partial charge in [0.1, 0.15) is 0 Å². The normalized spacial score (nSPS) is 26.2. The summed E-state index contributed by atoms with van der Waals surface area (Å²) in [5.74, 6) is 0. The van der Waals surface area contributed by atoms with Crippen LogP contribution >= 0.6 is 7.59 Å². The van der Waals surface area contributed by atoms with E-state index in [1.807, 2.05) is 30.3 Å². The van der Waals surface area contributed by atoms with Crippen molar-refractivity contribution in [1.82, 2.24) is 14.4 Å². The Balaban J connectivity index is 2.07. The van der Waals surface area contributed by atoms with Gasteiger partial charge in [0.25, 0.3) is 7.59 Å². The van der Waals surface area contributed by atoms with Crippen LogP contribution in [0, 0.1) is 11.3 Å². The van der Waals surface area contributed by atoms with E-state index >= 15 is 0 Å². The maximum Gasteiger partial charge on any atom is 0.286 e. The van der Waals surface area contributed by atoms with E-state index in [-0.39, 0.29) is 12.1 Å². The SMILES string of the molecule is C=C(C#N)[C@@H](NP1(=O)N(C(C)C)[C@@H]2CCCC[C@H]2N1C(C)C)c1ccccc1. The Bertz CT molecular complexity index is 757. The molecule has 2 aliphatic rings. The van der Waals surface area contributed by atoms with Crippen molar-refractivity contribution in [2.75, 3.05) is 0 Å². The highest BCUT2D eigenvalue weighted by atomic mass is 31.2. The highest BCUT2D eigenvalue weighted by molar-refractivity contribution is 7.57. The number of fused-ring (bicyclic) bond motifs is 1. The smallest absolute Gasteiger partial charge is 0.270 e.